The molecule has 0 radical (unpaired) electrons. The zero-order chi connectivity index (χ0) is 16.4. The van der Waals surface area contributed by atoms with E-state index in [4.69, 9.17) is 9.47 Å². The van der Waals surface area contributed by atoms with Crippen LogP contribution in [-0.2, 0) is 0 Å². The van der Waals surface area contributed by atoms with Gasteiger partial charge in [-0.25, -0.2) is 0 Å². The fourth-order valence-electron chi connectivity index (χ4n) is 2.26. The van der Waals surface area contributed by atoms with Crippen molar-refractivity contribution in [2.24, 2.45) is 0 Å². The van der Waals surface area contributed by atoms with Gasteiger partial charge in [-0.2, -0.15) is 0 Å². The zero-order valence-corrected chi connectivity index (χ0v) is 12.6. The highest BCUT2D eigenvalue weighted by atomic mass is 16.5. The van der Waals surface area contributed by atoms with Crippen LogP contribution < -0.4 is 9.47 Å². The van der Waals surface area contributed by atoms with E-state index < -0.39 is 5.75 Å². The number of hydrogen-bond donors (Lipinski definition) is 2. The second-order valence-electron chi connectivity index (χ2n) is 5.17. The van der Waals surface area contributed by atoms with Gasteiger partial charge in [0.1, 0.15) is 5.75 Å². The molecule has 0 aliphatic carbocycles. The summed E-state index contributed by atoms with van der Waals surface area (Å²) < 4.78 is 10.9. The molecule has 1 aliphatic rings. The van der Waals surface area contributed by atoms with E-state index in [0.29, 0.717) is 6.61 Å². The van der Waals surface area contributed by atoms with Gasteiger partial charge in [-0.3, -0.25) is 4.79 Å². The largest absolute Gasteiger partial charge is 0.504 e. The van der Waals surface area contributed by atoms with Gasteiger partial charge in [0.15, 0.2) is 17.3 Å². The normalized spacial score (nSPS) is 14.7. The second kappa shape index (κ2) is 6.04. The summed E-state index contributed by atoms with van der Waals surface area (Å²) in [6.07, 6.45) is 2.52. The van der Waals surface area contributed by atoms with Crippen molar-refractivity contribution >= 4 is 11.9 Å². The molecule has 2 N–H and O–H groups in total. The number of ketones is 1. The molecule has 3 rings (SSSR count). The minimum Gasteiger partial charge on any atom is -0.504 e. The number of phenols is 2. The van der Waals surface area contributed by atoms with E-state index in [2.05, 4.69) is 0 Å². The van der Waals surface area contributed by atoms with Gasteiger partial charge >= 0.3 is 0 Å². The Morgan fingerprint density at radius 3 is 2.57 bits per heavy atom. The minimum atomic E-state index is -0.428. The number of Topliss-reactive ketones (excluding diaryl/α,β-unsaturated/α-hetero) is 1. The molecule has 0 spiro atoms. The van der Waals surface area contributed by atoms with Crippen LogP contribution in [0.15, 0.2) is 42.2 Å². The SMILES string of the molecule is CCCOc1ccc(/C=C2\Oc3c(ccc(O)c3O)C2=O)cc1. The van der Waals surface area contributed by atoms with Crippen LogP contribution in [-0.4, -0.2) is 22.6 Å². The summed E-state index contributed by atoms with van der Waals surface area (Å²) in [6.45, 7) is 2.69. The lowest BCUT2D eigenvalue weighted by Crippen LogP contribution is -1.98. The monoisotopic (exact) mass is 312 g/mol. The number of benzene rings is 2. The van der Waals surface area contributed by atoms with Crippen LogP contribution in [0, 0.1) is 0 Å². The van der Waals surface area contributed by atoms with Gasteiger partial charge < -0.3 is 19.7 Å². The minimum absolute atomic E-state index is 0.0100. The van der Waals surface area contributed by atoms with Crippen molar-refractivity contribution in [3.05, 3.63) is 53.3 Å². The van der Waals surface area contributed by atoms with E-state index in [0.717, 1.165) is 17.7 Å². The Balaban J connectivity index is 1.84. The van der Waals surface area contributed by atoms with E-state index in [1.165, 1.54) is 12.1 Å². The van der Waals surface area contributed by atoms with Gasteiger partial charge in [-0.15, -0.1) is 0 Å². The number of phenolic OH excluding ortho intramolecular Hbond substituents is 2. The number of fused-ring (bicyclic) bond motifs is 1. The highest BCUT2D eigenvalue weighted by Gasteiger charge is 2.31. The topological polar surface area (TPSA) is 76.0 Å². The molecular formula is C18H16O5. The quantitative estimate of drug-likeness (QED) is 0.667. The third-order valence-corrected chi connectivity index (χ3v) is 3.44. The Morgan fingerprint density at radius 1 is 1.13 bits per heavy atom. The van der Waals surface area contributed by atoms with Crippen LogP contribution in [0.1, 0.15) is 29.3 Å². The Kier molecular flexibility index (Phi) is 3.93. The first-order valence-electron chi connectivity index (χ1n) is 7.32. The van der Waals surface area contributed by atoms with Crippen molar-refractivity contribution in [1.82, 2.24) is 0 Å². The van der Waals surface area contributed by atoms with Crippen LogP contribution in [0.4, 0.5) is 0 Å². The van der Waals surface area contributed by atoms with Crippen molar-refractivity contribution in [2.45, 2.75) is 13.3 Å². The van der Waals surface area contributed by atoms with Crippen LogP contribution in [0.3, 0.4) is 0 Å². The maximum Gasteiger partial charge on any atom is 0.232 e. The number of rotatable bonds is 4. The fourth-order valence-corrected chi connectivity index (χ4v) is 2.26. The third kappa shape index (κ3) is 2.85. The van der Waals surface area contributed by atoms with Crippen molar-refractivity contribution in [3.8, 4) is 23.0 Å². The van der Waals surface area contributed by atoms with Gasteiger partial charge in [-0.1, -0.05) is 19.1 Å². The zero-order valence-electron chi connectivity index (χ0n) is 12.6. The van der Waals surface area contributed by atoms with Crippen LogP contribution in [0.25, 0.3) is 6.08 Å². The van der Waals surface area contributed by atoms with Crippen LogP contribution in [0.5, 0.6) is 23.0 Å². The number of carbonyl (C=O) groups excluding carboxylic acids is 1. The van der Waals surface area contributed by atoms with Gasteiger partial charge in [0.25, 0.3) is 0 Å². The standard InChI is InChI=1S/C18H16O5/c1-2-9-22-12-5-3-11(4-6-12)10-15-16(20)13-7-8-14(19)17(21)18(13)23-15/h3-8,10,19,21H,2,9H2,1H3/b15-10-. The molecule has 0 unspecified atom stereocenters. The Labute approximate surface area is 133 Å². The van der Waals surface area contributed by atoms with Crippen molar-refractivity contribution in [2.75, 3.05) is 6.61 Å². The highest BCUT2D eigenvalue weighted by Crippen LogP contribution is 2.44. The predicted molar refractivity (Wildman–Crippen MR) is 84.9 cm³/mol. The second-order valence-corrected chi connectivity index (χ2v) is 5.17. The summed E-state index contributed by atoms with van der Waals surface area (Å²) in [4.78, 5) is 12.3. The average molecular weight is 312 g/mol. The summed E-state index contributed by atoms with van der Waals surface area (Å²) in [5, 5.41) is 19.2. The number of allylic oxidation sites excluding steroid dienone is 1. The van der Waals surface area contributed by atoms with Crippen LogP contribution in [0.2, 0.25) is 0 Å². The molecule has 0 saturated heterocycles. The van der Waals surface area contributed by atoms with Crippen molar-refractivity contribution in [1.29, 1.82) is 0 Å². The van der Waals surface area contributed by atoms with E-state index in [9.17, 15) is 15.0 Å². The van der Waals surface area contributed by atoms with Gasteiger partial charge in [0.2, 0.25) is 11.5 Å². The molecule has 5 nitrogen and oxygen atoms in total. The molecule has 0 amide bonds. The summed E-state index contributed by atoms with van der Waals surface area (Å²) in [6, 6.07) is 9.95. The maximum absolute atomic E-state index is 12.3. The van der Waals surface area contributed by atoms with Crippen molar-refractivity contribution in [3.63, 3.8) is 0 Å². The molecule has 2 aromatic carbocycles. The van der Waals surface area contributed by atoms with Gasteiger partial charge in [-0.05, 0) is 42.3 Å². The van der Waals surface area contributed by atoms with Gasteiger partial charge in [0, 0.05) is 0 Å². The molecule has 5 heteroatoms. The first-order chi connectivity index (χ1) is 11.1. The third-order valence-electron chi connectivity index (χ3n) is 3.44. The fraction of sp³-hybridized carbons (Fsp3) is 0.167. The summed E-state index contributed by atoms with van der Waals surface area (Å²) >= 11 is 0. The average Bonchev–Trinajstić information content (AvgIpc) is 2.87. The number of ether oxygens (including phenoxy) is 2. The Hall–Kier alpha value is -2.95. The lowest BCUT2D eigenvalue weighted by Gasteiger charge is -2.04. The molecule has 118 valence electrons. The number of aromatic hydroxyl groups is 2. The molecule has 0 aromatic heterocycles. The van der Waals surface area contributed by atoms with Gasteiger partial charge in [0.05, 0.1) is 12.2 Å². The Bertz CT molecular complexity index is 775. The smallest absolute Gasteiger partial charge is 0.232 e. The lowest BCUT2D eigenvalue weighted by molar-refractivity contribution is 0.101. The van der Waals surface area contributed by atoms with E-state index in [1.54, 1.807) is 6.08 Å². The predicted octanol–water partition coefficient (Wildman–Crippen LogP) is 3.50. The van der Waals surface area contributed by atoms with E-state index in [1.807, 2.05) is 31.2 Å². The van der Waals surface area contributed by atoms with E-state index in [-0.39, 0.29) is 28.6 Å². The molecule has 0 saturated carbocycles. The summed E-state index contributed by atoms with van der Waals surface area (Å²) in [7, 11) is 0. The first-order valence-corrected chi connectivity index (χ1v) is 7.32. The Morgan fingerprint density at radius 2 is 1.87 bits per heavy atom. The first kappa shape index (κ1) is 15.0. The highest BCUT2D eigenvalue weighted by molar-refractivity contribution is 6.15. The van der Waals surface area contributed by atoms with E-state index >= 15 is 0 Å². The molecule has 23 heavy (non-hydrogen) atoms. The van der Waals surface area contributed by atoms with Crippen molar-refractivity contribution < 1.29 is 24.5 Å². The molecule has 2 aromatic rings. The summed E-state index contributed by atoms with van der Waals surface area (Å²) in [5.74, 6) is -0.231. The summed E-state index contributed by atoms with van der Waals surface area (Å²) in [5.41, 5.74) is 1.00. The molecule has 0 atom stereocenters. The van der Waals surface area contributed by atoms with Crippen LogP contribution >= 0.6 is 0 Å². The molecule has 0 fully saturated rings. The molecule has 0 bridgehead atoms. The molecule has 1 heterocycles. The maximum atomic E-state index is 12.3. The lowest BCUT2D eigenvalue weighted by atomic mass is 10.1. The molecule has 1 aliphatic heterocycles. The molecular weight excluding hydrogens is 296 g/mol. The number of carbonyl (C=O) groups is 1. The number of hydrogen-bond acceptors (Lipinski definition) is 5.